The van der Waals surface area contributed by atoms with E-state index in [2.05, 4.69) is 27.7 Å². The van der Waals surface area contributed by atoms with E-state index in [0.29, 0.717) is 40.0 Å². The molecule has 20 heavy (non-hydrogen) atoms. The average Bonchev–Trinajstić information content (AvgIpc) is 2.32. The highest BCUT2D eigenvalue weighted by Crippen LogP contribution is 2.13. The average molecular weight is 327 g/mol. The standard InChI is InChI=1S/C10H21OS.C4H10O3S/c1-6-10(11)7-12(8(2)3)9(4)5;1-2-3-4-8(5,6)7/h8-9H,6-7H2,1-5H3;2-4H2,1H3,(H,5,6,7)/q+1;/p-1. The van der Waals surface area contributed by atoms with Gasteiger partial charge < -0.3 is 4.55 Å². The fraction of sp³-hybridized carbons (Fsp3) is 0.929. The first-order valence-corrected chi connectivity index (χ1v) is 10.3. The summed E-state index contributed by atoms with van der Waals surface area (Å²) >= 11 is 0. The van der Waals surface area contributed by atoms with E-state index in [0.717, 1.165) is 12.2 Å². The predicted octanol–water partition coefficient (Wildman–Crippen LogP) is 2.73. The molecule has 0 aliphatic heterocycles. The molecule has 0 rings (SSSR count). The first-order chi connectivity index (χ1) is 9.05. The van der Waals surface area contributed by atoms with Crippen molar-refractivity contribution >= 4 is 26.8 Å². The molecule has 122 valence electrons. The Morgan fingerprint density at radius 1 is 1.10 bits per heavy atom. The number of ketones is 1. The Labute approximate surface area is 127 Å². The second-order valence-corrected chi connectivity index (χ2v) is 9.86. The van der Waals surface area contributed by atoms with Crippen LogP contribution in [0.1, 0.15) is 60.8 Å². The summed E-state index contributed by atoms with van der Waals surface area (Å²) in [5.74, 6) is 0.996. The SMILES string of the molecule is CCC(=O)C[S+](C(C)C)C(C)C.CCCCS(=O)(=O)[O-]. The number of rotatable bonds is 8. The molecule has 0 aliphatic carbocycles. The van der Waals surface area contributed by atoms with Gasteiger partial charge >= 0.3 is 0 Å². The molecule has 4 nitrogen and oxygen atoms in total. The summed E-state index contributed by atoms with van der Waals surface area (Å²) in [4.78, 5) is 11.2. The van der Waals surface area contributed by atoms with Gasteiger partial charge in [-0.2, -0.15) is 0 Å². The first kappa shape index (κ1) is 22.2. The Kier molecular flexibility index (Phi) is 12.9. The fourth-order valence-corrected chi connectivity index (χ4v) is 4.46. The predicted molar refractivity (Wildman–Crippen MR) is 87.3 cm³/mol. The maximum atomic E-state index is 11.2. The van der Waals surface area contributed by atoms with Crippen LogP contribution < -0.4 is 0 Å². The summed E-state index contributed by atoms with van der Waals surface area (Å²) in [6.07, 6.45) is 1.93. The van der Waals surface area contributed by atoms with Crippen LogP contribution in [0.25, 0.3) is 0 Å². The van der Waals surface area contributed by atoms with Crippen molar-refractivity contribution in [2.45, 2.75) is 71.3 Å². The number of carbonyl (C=O) groups excluding carboxylic acids is 1. The van der Waals surface area contributed by atoms with Gasteiger partial charge in [0, 0.05) is 12.2 Å². The minimum atomic E-state index is -3.94. The van der Waals surface area contributed by atoms with Gasteiger partial charge in [-0.25, -0.2) is 8.42 Å². The normalized spacial score (nSPS) is 11.7. The second kappa shape index (κ2) is 11.6. The molecule has 0 radical (unpaired) electrons. The van der Waals surface area contributed by atoms with E-state index in [4.69, 9.17) is 0 Å². The highest BCUT2D eigenvalue weighted by Gasteiger charge is 2.28. The third-order valence-corrected chi connectivity index (χ3v) is 6.55. The lowest BCUT2D eigenvalue weighted by molar-refractivity contribution is -0.116. The van der Waals surface area contributed by atoms with Gasteiger partial charge in [-0.05, 0) is 45.0 Å². The molecule has 0 unspecified atom stereocenters. The Hall–Kier alpha value is -0.0700. The van der Waals surface area contributed by atoms with E-state index >= 15 is 0 Å². The minimum Gasteiger partial charge on any atom is -0.748 e. The lowest BCUT2D eigenvalue weighted by atomic mass is 10.4. The first-order valence-electron chi connectivity index (χ1n) is 7.18. The molecule has 0 atom stereocenters. The summed E-state index contributed by atoms with van der Waals surface area (Å²) in [5.41, 5.74) is 0. The van der Waals surface area contributed by atoms with Crippen molar-refractivity contribution in [3.8, 4) is 0 Å². The Bertz CT molecular complexity index is 340. The fourth-order valence-electron chi connectivity index (χ4n) is 1.49. The molecule has 0 aromatic heterocycles. The van der Waals surface area contributed by atoms with Gasteiger partial charge in [-0.15, -0.1) is 0 Å². The number of unbranched alkanes of at least 4 members (excludes halogenated alkanes) is 1. The molecule has 0 amide bonds. The van der Waals surface area contributed by atoms with Crippen molar-refractivity contribution < 1.29 is 17.8 Å². The Morgan fingerprint density at radius 3 is 1.75 bits per heavy atom. The molecule has 0 saturated heterocycles. The van der Waals surface area contributed by atoms with Crippen LogP contribution in [0.2, 0.25) is 0 Å². The molecule has 0 aliphatic rings. The third-order valence-electron chi connectivity index (χ3n) is 2.68. The molecule has 0 aromatic rings. The number of Topliss-reactive ketones (excluding diaryl/α,β-unsaturated/α-hetero) is 1. The van der Waals surface area contributed by atoms with Gasteiger partial charge in [0.05, 0.1) is 10.1 Å². The minimum absolute atomic E-state index is 0.219. The van der Waals surface area contributed by atoms with E-state index in [-0.39, 0.29) is 5.75 Å². The van der Waals surface area contributed by atoms with E-state index < -0.39 is 10.1 Å². The summed E-state index contributed by atoms with van der Waals surface area (Å²) in [7, 11) is -3.64. The number of hydrogen-bond donors (Lipinski definition) is 0. The maximum Gasteiger partial charge on any atom is 0.181 e. The van der Waals surface area contributed by atoms with Gasteiger partial charge in [0.1, 0.15) is 10.5 Å². The molecule has 0 N–H and O–H groups in total. The highest BCUT2D eigenvalue weighted by molar-refractivity contribution is 7.98. The van der Waals surface area contributed by atoms with Crippen LogP contribution in [-0.2, 0) is 25.8 Å². The molecule has 0 spiro atoms. The van der Waals surface area contributed by atoms with E-state index in [1.54, 1.807) is 0 Å². The van der Waals surface area contributed by atoms with Crippen LogP contribution >= 0.6 is 0 Å². The number of hydrogen-bond acceptors (Lipinski definition) is 4. The van der Waals surface area contributed by atoms with E-state index in [1.807, 2.05) is 13.8 Å². The monoisotopic (exact) mass is 326 g/mol. The van der Waals surface area contributed by atoms with Gasteiger partial charge in [-0.1, -0.05) is 20.3 Å². The van der Waals surface area contributed by atoms with Crippen molar-refractivity contribution in [2.75, 3.05) is 11.5 Å². The van der Waals surface area contributed by atoms with Crippen molar-refractivity contribution in [2.24, 2.45) is 0 Å². The van der Waals surface area contributed by atoms with Crippen molar-refractivity contribution in [3.05, 3.63) is 0 Å². The van der Waals surface area contributed by atoms with Crippen LogP contribution in [0.3, 0.4) is 0 Å². The Morgan fingerprint density at radius 2 is 1.55 bits per heavy atom. The lowest BCUT2D eigenvalue weighted by Gasteiger charge is -2.14. The Balaban J connectivity index is 0. The van der Waals surface area contributed by atoms with Gasteiger partial charge in [0.15, 0.2) is 11.5 Å². The molecule has 0 fully saturated rings. The highest BCUT2D eigenvalue weighted by atomic mass is 32.2. The zero-order chi connectivity index (χ0) is 16.3. The smallest absolute Gasteiger partial charge is 0.181 e. The summed E-state index contributed by atoms with van der Waals surface area (Å²) in [5, 5.41) is 1.31. The third kappa shape index (κ3) is 14.3. The van der Waals surface area contributed by atoms with Gasteiger partial charge in [0.25, 0.3) is 0 Å². The van der Waals surface area contributed by atoms with Crippen molar-refractivity contribution in [3.63, 3.8) is 0 Å². The molecular weight excluding hydrogens is 296 g/mol. The zero-order valence-electron chi connectivity index (χ0n) is 13.6. The number of carbonyl (C=O) groups is 1. The molecule has 6 heteroatoms. The summed E-state index contributed by atoms with van der Waals surface area (Å²) in [6, 6.07) is 0. The van der Waals surface area contributed by atoms with Gasteiger partial charge in [0.2, 0.25) is 0 Å². The molecule has 0 heterocycles. The molecule has 0 saturated carbocycles. The van der Waals surface area contributed by atoms with Crippen LogP contribution in [0.4, 0.5) is 0 Å². The largest absolute Gasteiger partial charge is 0.748 e. The van der Waals surface area contributed by atoms with Crippen LogP contribution in [0.5, 0.6) is 0 Å². The lowest BCUT2D eigenvalue weighted by Crippen LogP contribution is -2.31. The molecule has 0 aromatic carbocycles. The van der Waals surface area contributed by atoms with Crippen LogP contribution in [0.15, 0.2) is 0 Å². The van der Waals surface area contributed by atoms with E-state index in [1.165, 1.54) is 0 Å². The van der Waals surface area contributed by atoms with Crippen molar-refractivity contribution in [1.29, 1.82) is 0 Å². The second-order valence-electron chi connectivity index (χ2n) is 5.22. The zero-order valence-corrected chi connectivity index (χ0v) is 15.3. The molecular formula is C14H30O4S2. The van der Waals surface area contributed by atoms with Crippen LogP contribution in [-0.4, -0.2) is 40.8 Å². The summed E-state index contributed by atoms with van der Waals surface area (Å²) < 4.78 is 29.5. The summed E-state index contributed by atoms with van der Waals surface area (Å²) in [6.45, 7) is 12.6. The van der Waals surface area contributed by atoms with Crippen LogP contribution in [0, 0.1) is 0 Å². The maximum absolute atomic E-state index is 11.2. The van der Waals surface area contributed by atoms with Crippen molar-refractivity contribution in [1.82, 2.24) is 0 Å². The molecule has 0 bridgehead atoms. The quantitative estimate of drug-likeness (QED) is 0.508. The van der Waals surface area contributed by atoms with E-state index in [9.17, 15) is 17.8 Å². The topological polar surface area (TPSA) is 74.3 Å². The van der Waals surface area contributed by atoms with Gasteiger partial charge in [-0.3, -0.25) is 4.79 Å².